The van der Waals surface area contributed by atoms with Gasteiger partial charge in [0.2, 0.25) is 5.91 Å². The first-order valence-corrected chi connectivity index (χ1v) is 9.64. The summed E-state index contributed by atoms with van der Waals surface area (Å²) < 4.78 is 0.977. The Morgan fingerprint density at radius 2 is 1.68 bits per heavy atom. The van der Waals surface area contributed by atoms with Gasteiger partial charge < -0.3 is 10.6 Å². The highest BCUT2D eigenvalue weighted by Gasteiger charge is 2.33. The summed E-state index contributed by atoms with van der Waals surface area (Å²) in [5, 5.41) is 6.23. The average molecular weight is 436 g/mol. The van der Waals surface area contributed by atoms with E-state index in [1.807, 2.05) is 60.7 Å². The highest BCUT2D eigenvalue weighted by molar-refractivity contribution is 9.10. The lowest BCUT2D eigenvalue weighted by Gasteiger charge is -2.38. The number of amides is 2. The van der Waals surface area contributed by atoms with E-state index < -0.39 is 0 Å². The molecule has 0 saturated carbocycles. The summed E-state index contributed by atoms with van der Waals surface area (Å²) in [5.74, 6) is -0.209. The van der Waals surface area contributed by atoms with E-state index in [9.17, 15) is 9.59 Å². The molecule has 0 fully saturated rings. The van der Waals surface area contributed by atoms with Crippen molar-refractivity contribution in [3.8, 4) is 0 Å². The number of rotatable bonds is 3. The summed E-state index contributed by atoms with van der Waals surface area (Å²) in [6, 6.07) is 22.7. The Bertz CT molecular complexity index is 1030. The fourth-order valence-corrected chi connectivity index (χ4v) is 3.57. The summed E-state index contributed by atoms with van der Waals surface area (Å²) in [6.07, 6.45) is -0.345. The largest absolute Gasteiger partial charge is 0.360 e. The number of nitrogens with zero attached hydrogens (tertiary/aromatic N) is 1. The number of hydrogen-bond acceptors (Lipinski definition) is 3. The molecule has 1 atom stereocenters. The Kier molecular flexibility index (Phi) is 4.88. The molecule has 2 N–H and O–H groups in total. The minimum Gasteiger partial charge on any atom is -0.360 e. The Morgan fingerprint density at radius 1 is 1.00 bits per heavy atom. The van der Waals surface area contributed by atoms with Gasteiger partial charge in [-0.05, 0) is 54.1 Å². The zero-order chi connectivity index (χ0) is 19.7. The molecule has 0 aromatic heterocycles. The van der Waals surface area contributed by atoms with Crippen LogP contribution in [0.15, 0.2) is 77.3 Å². The van der Waals surface area contributed by atoms with Gasteiger partial charge in [0.25, 0.3) is 5.91 Å². The van der Waals surface area contributed by atoms with Gasteiger partial charge in [-0.25, -0.2) is 0 Å². The van der Waals surface area contributed by atoms with Crippen LogP contribution in [0.25, 0.3) is 0 Å². The third-order valence-electron chi connectivity index (χ3n) is 4.58. The van der Waals surface area contributed by atoms with Crippen LogP contribution in [0.2, 0.25) is 0 Å². The number of anilines is 3. The monoisotopic (exact) mass is 435 g/mol. The third-order valence-corrected chi connectivity index (χ3v) is 5.11. The first-order valence-electron chi connectivity index (χ1n) is 8.85. The summed E-state index contributed by atoms with van der Waals surface area (Å²) in [5.41, 5.74) is 3.84. The molecule has 1 unspecified atom stereocenters. The molecular formula is C22H18BrN3O2. The minimum absolute atomic E-state index is 0.0745. The fourth-order valence-electron chi connectivity index (χ4n) is 3.31. The van der Waals surface area contributed by atoms with E-state index in [1.54, 1.807) is 17.0 Å². The summed E-state index contributed by atoms with van der Waals surface area (Å²) in [4.78, 5) is 26.3. The lowest BCUT2D eigenvalue weighted by Crippen LogP contribution is -2.43. The van der Waals surface area contributed by atoms with Crippen molar-refractivity contribution in [3.63, 3.8) is 0 Å². The van der Waals surface area contributed by atoms with Crippen molar-refractivity contribution in [1.82, 2.24) is 0 Å². The number of benzene rings is 3. The fraction of sp³-hybridized carbons (Fsp3) is 0.0909. The van der Waals surface area contributed by atoms with Crippen LogP contribution in [0, 0.1) is 0 Å². The number of para-hydroxylation sites is 1. The summed E-state index contributed by atoms with van der Waals surface area (Å²) >= 11 is 3.46. The molecule has 0 bridgehead atoms. The van der Waals surface area contributed by atoms with Gasteiger partial charge >= 0.3 is 0 Å². The van der Waals surface area contributed by atoms with Gasteiger partial charge in [0.1, 0.15) is 6.17 Å². The maximum Gasteiger partial charge on any atom is 0.262 e. The van der Waals surface area contributed by atoms with Crippen molar-refractivity contribution in [2.45, 2.75) is 13.1 Å². The van der Waals surface area contributed by atoms with E-state index in [0.717, 1.165) is 21.4 Å². The molecule has 1 aliphatic heterocycles. The standard InChI is InChI=1S/C22H18BrN3O2/c1-14(27)24-17-10-12-18(13-11-17)26-21(15-6-8-16(23)9-7-15)25-20-5-3-2-4-19(20)22(26)28/h2-13,21,25H,1H3,(H,24,27). The minimum atomic E-state index is -0.345. The molecule has 28 heavy (non-hydrogen) atoms. The van der Waals surface area contributed by atoms with E-state index >= 15 is 0 Å². The molecule has 6 heteroatoms. The highest BCUT2D eigenvalue weighted by Crippen LogP contribution is 2.37. The van der Waals surface area contributed by atoms with Crippen LogP contribution < -0.4 is 15.5 Å². The van der Waals surface area contributed by atoms with E-state index in [0.29, 0.717) is 11.3 Å². The molecule has 3 aromatic rings. The zero-order valence-corrected chi connectivity index (χ0v) is 16.7. The zero-order valence-electron chi connectivity index (χ0n) is 15.1. The first-order chi connectivity index (χ1) is 13.5. The van der Waals surface area contributed by atoms with Crippen LogP contribution in [-0.2, 0) is 4.79 Å². The molecule has 1 aliphatic rings. The van der Waals surface area contributed by atoms with Gasteiger partial charge in [-0.2, -0.15) is 0 Å². The van der Waals surface area contributed by atoms with Crippen LogP contribution in [0.5, 0.6) is 0 Å². The summed E-state index contributed by atoms with van der Waals surface area (Å²) in [7, 11) is 0. The number of fused-ring (bicyclic) bond motifs is 1. The molecule has 0 spiro atoms. The molecule has 1 heterocycles. The first kappa shape index (κ1) is 18.3. The quantitative estimate of drug-likeness (QED) is 0.595. The van der Waals surface area contributed by atoms with E-state index in [-0.39, 0.29) is 18.0 Å². The van der Waals surface area contributed by atoms with Gasteiger partial charge in [-0.1, -0.05) is 40.2 Å². The number of carbonyl (C=O) groups is 2. The Morgan fingerprint density at radius 3 is 2.36 bits per heavy atom. The molecule has 5 nitrogen and oxygen atoms in total. The average Bonchev–Trinajstić information content (AvgIpc) is 2.69. The Balaban J connectivity index is 1.77. The maximum atomic E-state index is 13.3. The number of carbonyl (C=O) groups excluding carboxylic acids is 2. The third kappa shape index (κ3) is 3.51. The van der Waals surface area contributed by atoms with E-state index in [4.69, 9.17) is 0 Å². The van der Waals surface area contributed by atoms with Crippen molar-refractivity contribution in [1.29, 1.82) is 0 Å². The second kappa shape index (κ2) is 7.48. The topological polar surface area (TPSA) is 61.4 Å². The van der Waals surface area contributed by atoms with Gasteiger partial charge in [0.15, 0.2) is 0 Å². The van der Waals surface area contributed by atoms with Crippen molar-refractivity contribution in [2.75, 3.05) is 15.5 Å². The van der Waals surface area contributed by atoms with E-state index in [1.165, 1.54) is 6.92 Å². The van der Waals surface area contributed by atoms with Crippen LogP contribution in [0.4, 0.5) is 17.1 Å². The van der Waals surface area contributed by atoms with Crippen molar-refractivity contribution >= 4 is 44.8 Å². The molecule has 0 radical (unpaired) electrons. The highest BCUT2D eigenvalue weighted by atomic mass is 79.9. The predicted octanol–water partition coefficient (Wildman–Crippen LogP) is 5.18. The van der Waals surface area contributed by atoms with Crippen molar-refractivity contribution in [2.24, 2.45) is 0 Å². The second-order valence-corrected chi connectivity index (χ2v) is 7.46. The van der Waals surface area contributed by atoms with Crippen molar-refractivity contribution < 1.29 is 9.59 Å². The maximum absolute atomic E-state index is 13.3. The van der Waals surface area contributed by atoms with Gasteiger partial charge in [-0.3, -0.25) is 14.5 Å². The van der Waals surface area contributed by atoms with Gasteiger partial charge in [0.05, 0.1) is 5.56 Å². The van der Waals surface area contributed by atoms with Gasteiger partial charge in [0, 0.05) is 28.5 Å². The Labute approximate surface area is 171 Å². The second-order valence-electron chi connectivity index (χ2n) is 6.55. The summed E-state index contributed by atoms with van der Waals surface area (Å²) in [6.45, 7) is 1.46. The Hall–Kier alpha value is -3.12. The van der Waals surface area contributed by atoms with Crippen molar-refractivity contribution in [3.05, 3.63) is 88.4 Å². The van der Waals surface area contributed by atoms with E-state index in [2.05, 4.69) is 26.6 Å². The van der Waals surface area contributed by atoms with Gasteiger partial charge in [-0.15, -0.1) is 0 Å². The van der Waals surface area contributed by atoms with Crippen LogP contribution >= 0.6 is 15.9 Å². The predicted molar refractivity (Wildman–Crippen MR) is 115 cm³/mol. The van der Waals surface area contributed by atoms with Crippen LogP contribution in [-0.4, -0.2) is 11.8 Å². The number of nitrogens with one attached hydrogen (secondary N) is 2. The van der Waals surface area contributed by atoms with Crippen LogP contribution in [0.3, 0.4) is 0 Å². The molecule has 140 valence electrons. The van der Waals surface area contributed by atoms with Crippen LogP contribution in [0.1, 0.15) is 29.0 Å². The number of hydrogen-bond donors (Lipinski definition) is 2. The smallest absolute Gasteiger partial charge is 0.262 e. The molecule has 0 aliphatic carbocycles. The number of halogens is 1. The molecule has 0 saturated heterocycles. The lowest BCUT2D eigenvalue weighted by atomic mass is 10.0. The molecule has 2 amide bonds. The SMILES string of the molecule is CC(=O)Nc1ccc(N2C(=O)c3ccccc3NC2c2ccc(Br)cc2)cc1. The molecular weight excluding hydrogens is 418 g/mol. The lowest BCUT2D eigenvalue weighted by molar-refractivity contribution is -0.114. The molecule has 4 rings (SSSR count). The molecule has 3 aromatic carbocycles. The normalized spacial score (nSPS) is 15.6.